The molecule has 116 valence electrons. The normalized spacial score (nSPS) is 18.7. The van der Waals surface area contributed by atoms with Crippen LogP contribution in [-0.2, 0) is 4.74 Å². The standard InChI is InChI=1S/C16H24N2O3/c1-12-14(6-5-8-17-12)20-11-13-7-9-18(10-13)15(19)21-16(2,3)4/h5-6,8,13H,7,9-11H2,1-4H3. The fraction of sp³-hybridized carbons (Fsp3) is 0.625. The summed E-state index contributed by atoms with van der Waals surface area (Å²) in [6.07, 6.45) is 2.46. The maximum absolute atomic E-state index is 12.0. The van der Waals surface area contributed by atoms with Gasteiger partial charge in [-0.2, -0.15) is 0 Å². The summed E-state index contributed by atoms with van der Waals surface area (Å²) in [6.45, 7) is 9.60. The van der Waals surface area contributed by atoms with Gasteiger partial charge < -0.3 is 14.4 Å². The van der Waals surface area contributed by atoms with E-state index >= 15 is 0 Å². The van der Waals surface area contributed by atoms with E-state index in [9.17, 15) is 4.79 Å². The molecule has 2 rings (SSSR count). The van der Waals surface area contributed by atoms with E-state index < -0.39 is 5.60 Å². The van der Waals surface area contributed by atoms with E-state index in [-0.39, 0.29) is 6.09 Å². The summed E-state index contributed by atoms with van der Waals surface area (Å²) in [5.74, 6) is 1.16. The number of aryl methyl sites for hydroxylation is 1. The molecule has 0 aliphatic carbocycles. The number of aromatic nitrogens is 1. The molecule has 21 heavy (non-hydrogen) atoms. The lowest BCUT2D eigenvalue weighted by molar-refractivity contribution is 0.0284. The number of amides is 1. The summed E-state index contributed by atoms with van der Waals surface area (Å²) in [5, 5.41) is 0. The Labute approximate surface area is 126 Å². The summed E-state index contributed by atoms with van der Waals surface area (Å²) >= 11 is 0. The Bertz CT molecular complexity index is 497. The van der Waals surface area contributed by atoms with Crippen molar-refractivity contribution in [1.29, 1.82) is 0 Å². The van der Waals surface area contributed by atoms with Gasteiger partial charge in [-0.1, -0.05) is 0 Å². The molecule has 1 unspecified atom stereocenters. The zero-order valence-electron chi connectivity index (χ0n) is 13.3. The van der Waals surface area contributed by atoms with Crippen molar-refractivity contribution in [2.75, 3.05) is 19.7 Å². The lowest BCUT2D eigenvalue weighted by Gasteiger charge is -2.24. The van der Waals surface area contributed by atoms with Gasteiger partial charge >= 0.3 is 6.09 Å². The van der Waals surface area contributed by atoms with Crippen LogP contribution in [0.25, 0.3) is 0 Å². The third-order valence-electron chi connectivity index (χ3n) is 3.37. The predicted octanol–water partition coefficient (Wildman–Crippen LogP) is 3.03. The first-order chi connectivity index (χ1) is 9.85. The maximum atomic E-state index is 12.0. The third kappa shape index (κ3) is 4.62. The van der Waals surface area contributed by atoms with E-state index in [1.165, 1.54) is 0 Å². The highest BCUT2D eigenvalue weighted by atomic mass is 16.6. The van der Waals surface area contributed by atoms with Gasteiger partial charge in [-0.25, -0.2) is 4.79 Å². The Kier molecular flexibility index (Phi) is 4.70. The predicted molar refractivity (Wildman–Crippen MR) is 80.4 cm³/mol. The van der Waals surface area contributed by atoms with Crippen LogP contribution in [0.1, 0.15) is 32.9 Å². The molecule has 0 bridgehead atoms. The van der Waals surface area contributed by atoms with Crippen LogP contribution >= 0.6 is 0 Å². The molecule has 0 radical (unpaired) electrons. The quantitative estimate of drug-likeness (QED) is 0.859. The number of hydrogen-bond donors (Lipinski definition) is 0. The Morgan fingerprint density at radius 2 is 2.24 bits per heavy atom. The first-order valence-electron chi connectivity index (χ1n) is 7.37. The highest BCUT2D eigenvalue weighted by Gasteiger charge is 2.30. The smallest absolute Gasteiger partial charge is 0.410 e. The van der Waals surface area contributed by atoms with E-state index in [4.69, 9.17) is 9.47 Å². The van der Waals surface area contributed by atoms with Gasteiger partial charge in [0.2, 0.25) is 0 Å². The van der Waals surface area contributed by atoms with Crippen molar-refractivity contribution >= 4 is 6.09 Å². The number of rotatable bonds is 3. The van der Waals surface area contributed by atoms with Gasteiger partial charge in [-0.15, -0.1) is 0 Å². The van der Waals surface area contributed by atoms with Gasteiger partial charge in [0.15, 0.2) is 0 Å². The average Bonchev–Trinajstić information content (AvgIpc) is 2.85. The van der Waals surface area contributed by atoms with Gasteiger partial charge in [0.25, 0.3) is 0 Å². The van der Waals surface area contributed by atoms with Crippen LogP contribution in [0.15, 0.2) is 18.3 Å². The lowest BCUT2D eigenvalue weighted by atomic mass is 10.1. The molecule has 0 saturated carbocycles. The molecule has 1 aromatic heterocycles. The van der Waals surface area contributed by atoms with Crippen molar-refractivity contribution in [2.24, 2.45) is 5.92 Å². The van der Waals surface area contributed by atoms with E-state index in [1.54, 1.807) is 11.1 Å². The minimum atomic E-state index is -0.446. The summed E-state index contributed by atoms with van der Waals surface area (Å²) < 4.78 is 11.2. The van der Waals surface area contributed by atoms with Crippen molar-refractivity contribution in [3.8, 4) is 5.75 Å². The van der Waals surface area contributed by atoms with Gasteiger partial charge in [-0.05, 0) is 46.2 Å². The van der Waals surface area contributed by atoms with Crippen LogP contribution in [0.4, 0.5) is 4.79 Å². The highest BCUT2D eigenvalue weighted by Crippen LogP contribution is 2.21. The second-order valence-corrected chi connectivity index (χ2v) is 6.48. The summed E-state index contributed by atoms with van der Waals surface area (Å²) in [7, 11) is 0. The van der Waals surface area contributed by atoms with E-state index in [0.29, 0.717) is 19.1 Å². The minimum Gasteiger partial charge on any atom is -0.491 e. The van der Waals surface area contributed by atoms with Crippen LogP contribution in [0, 0.1) is 12.8 Å². The molecule has 1 amide bonds. The molecular weight excluding hydrogens is 268 g/mol. The number of pyridine rings is 1. The molecule has 5 nitrogen and oxygen atoms in total. The van der Waals surface area contributed by atoms with Crippen LogP contribution in [0.3, 0.4) is 0 Å². The number of likely N-dealkylation sites (tertiary alicyclic amines) is 1. The maximum Gasteiger partial charge on any atom is 0.410 e. The van der Waals surface area contributed by atoms with E-state index in [1.807, 2.05) is 39.8 Å². The molecule has 2 heterocycles. The molecule has 1 aliphatic heterocycles. The molecule has 5 heteroatoms. The number of carbonyl (C=O) groups is 1. The van der Waals surface area contributed by atoms with Crippen molar-refractivity contribution in [3.05, 3.63) is 24.0 Å². The Morgan fingerprint density at radius 3 is 2.90 bits per heavy atom. The number of ether oxygens (including phenoxy) is 2. The molecule has 1 atom stereocenters. The van der Waals surface area contributed by atoms with Crippen molar-refractivity contribution in [1.82, 2.24) is 9.88 Å². The summed E-state index contributed by atoms with van der Waals surface area (Å²) in [6, 6.07) is 3.78. The summed E-state index contributed by atoms with van der Waals surface area (Å²) in [5.41, 5.74) is 0.442. The molecule has 1 saturated heterocycles. The third-order valence-corrected chi connectivity index (χ3v) is 3.37. The Balaban J connectivity index is 1.80. The van der Waals surface area contributed by atoms with Gasteiger partial charge in [0.1, 0.15) is 11.4 Å². The molecule has 1 aromatic rings. The van der Waals surface area contributed by atoms with Crippen LogP contribution in [-0.4, -0.2) is 41.3 Å². The summed E-state index contributed by atoms with van der Waals surface area (Å²) in [4.78, 5) is 17.9. The fourth-order valence-corrected chi connectivity index (χ4v) is 2.29. The van der Waals surface area contributed by atoms with Crippen molar-refractivity contribution in [2.45, 2.75) is 39.7 Å². The first kappa shape index (κ1) is 15.6. The molecule has 0 spiro atoms. The monoisotopic (exact) mass is 292 g/mol. The van der Waals surface area contributed by atoms with E-state index in [2.05, 4.69) is 4.98 Å². The number of carbonyl (C=O) groups excluding carboxylic acids is 1. The van der Waals surface area contributed by atoms with Gasteiger partial charge in [0, 0.05) is 25.2 Å². The second kappa shape index (κ2) is 6.33. The molecule has 1 aliphatic rings. The number of hydrogen-bond acceptors (Lipinski definition) is 4. The molecule has 0 aromatic carbocycles. The molecule has 1 fully saturated rings. The lowest BCUT2D eigenvalue weighted by Crippen LogP contribution is -2.35. The van der Waals surface area contributed by atoms with Crippen LogP contribution < -0.4 is 4.74 Å². The van der Waals surface area contributed by atoms with Gasteiger partial charge in [-0.3, -0.25) is 4.98 Å². The van der Waals surface area contributed by atoms with Crippen LogP contribution in [0.5, 0.6) is 5.75 Å². The molecule has 0 N–H and O–H groups in total. The Hall–Kier alpha value is -1.78. The Morgan fingerprint density at radius 1 is 1.48 bits per heavy atom. The SMILES string of the molecule is Cc1ncccc1OCC1CCN(C(=O)OC(C)(C)C)C1. The first-order valence-corrected chi connectivity index (χ1v) is 7.37. The average molecular weight is 292 g/mol. The van der Waals surface area contributed by atoms with Crippen LogP contribution in [0.2, 0.25) is 0 Å². The van der Waals surface area contributed by atoms with Crippen molar-refractivity contribution in [3.63, 3.8) is 0 Å². The fourth-order valence-electron chi connectivity index (χ4n) is 2.29. The number of nitrogens with zero attached hydrogens (tertiary/aromatic N) is 2. The minimum absolute atomic E-state index is 0.234. The van der Waals surface area contributed by atoms with E-state index in [0.717, 1.165) is 24.4 Å². The topological polar surface area (TPSA) is 51.7 Å². The van der Waals surface area contributed by atoms with Gasteiger partial charge in [0.05, 0.1) is 12.3 Å². The second-order valence-electron chi connectivity index (χ2n) is 6.48. The van der Waals surface area contributed by atoms with Crippen molar-refractivity contribution < 1.29 is 14.3 Å². The highest BCUT2D eigenvalue weighted by molar-refractivity contribution is 5.68. The zero-order chi connectivity index (χ0) is 15.5. The largest absolute Gasteiger partial charge is 0.491 e. The zero-order valence-corrected chi connectivity index (χ0v) is 13.3. The molecular formula is C16H24N2O3.